The number of hydrogen-bond donors (Lipinski definition) is 1. The monoisotopic (exact) mass is 528 g/mol. The van der Waals surface area contributed by atoms with Crippen LogP contribution in [-0.2, 0) is 0 Å². The zero-order valence-electron chi connectivity index (χ0n) is 18.4. The van der Waals surface area contributed by atoms with Crippen LogP contribution in [0.5, 0.6) is 5.75 Å². The Hall–Kier alpha value is -2.00. The van der Waals surface area contributed by atoms with Crippen molar-refractivity contribution in [1.82, 2.24) is 4.98 Å². The molecular formula is C26H26BrClN2OS. The smallest absolute Gasteiger partial charge is 0.184 e. The average molecular weight is 530 g/mol. The Morgan fingerprint density at radius 3 is 2.62 bits per heavy atom. The number of hydrogen-bond acceptors (Lipinski definition) is 4. The summed E-state index contributed by atoms with van der Waals surface area (Å²) in [4.78, 5) is 5.98. The lowest BCUT2D eigenvalue weighted by atomic mass is 9.87. The fourth-order valence-corrected chi connectivity index (χ4v) is 5.42. The Morgan fingerprint density at radius 2 is 2.00 bits per heavy atom. The Kier molecular flexibility index (Phi) is 7.14. The van der Waals surface area contributed by atoms with Crippen molar-refractivity contribution >= 4 is 44.0 Å². The lowest BCUT2D eigenvalue weighted by molar-refractivity contribution is 0.412. The minimum Gasteiger partial charge on any atom is -0.496 e. The van der Waals surface area contributed by atoms with Gasteiger partial charge in [0.25, 0.3) is 0 Å². The van der Waals surface area contributed by atoms with Gasteiger partial charge in [-0.1, -0.05) is 58.4 Å². The highest BCUT2D eigenvalue weighted by molar-refractivity contribution is 9.10. The van der Waals surface area contributed by atoms with Crippen molar-refractivity contribution in [1.29, 1.82) is 0 Å². The van der Waals surface area contributed by atoms with Gasteiger partial charge in [0.2, 0.25) is 0 Å². The number of rotatable bonds is 8. The predicted octanol–water partition coefficient (Wildman–Crippen LogP) is 7.85. The van der Waals surface area contributed by atoms with Crippen LogP contribution in [-0.4, -0.2) is 18.1 Å². The maximum atomic E-state index is 6.56. The molecule has 0 amide bonds. The molecule has 3 nitrogen and oxygen atoms in total. The molecule has 0 radical (unpaired) electrons. The van der Waals surface area contributed by atoms with Gasteiger partial charge in [-0.2, -0.15) is 0 Å². The normalized spacial score (nSPS) is 15.1. The summed E-state index contributed by atoms with van der Waals surface area (Å²) in [5, 5.41) is 5.00. The number of nitrogens with one attached hydrogen (secondary N) is 1. The van der Waals surface area contributed by atoms with Crippen LogP contribution in [0.25, 0.3) is 11.3 Å². The molecule has 1 aromatic heterocycles. The number of aryl methyl sites for hydroxylation is 2. The van der Waals surface area contributed by atoms with Gasteiger partial charge in [0.05, 0.1) is 23.9 Å². The van der Waals surface area contributed by atoms with E-state index in [-0.39, 0.29) is 12.0 Å². The third-order valence-corrected chi connectivity index (χ3v) is 7.72. The summed E-state index contributed by atoms with van der Waals surface area (Å²) in [6.45, 7) is 4.07. The third kappa shape index (κ3) is 5.14. The summed E-state index contributed by atoms with van der Waals surface area (Å²) < 4.78 is 6.46. The first-order valence-corrected chi connectivity index (χ1v) is 12.7. The summed E-state index contributed by atoms with van der Waals surface area (Å²) in [6, 6.07) is 12.3. The second-order valence-electron chi connectivity index (χ2n) is 8.35. The second kappa shape index (κ2) is 9.87. The first kappa shape index (κ1) is 23.2. The quantitative estimate of drug-likeness (QED) is 0.302. The molecule has 0 saturated heterocycles. The van der Waals surface area contributed by atoms with E-state index in [2.05, 4.69) is 58.4 Å². The fourth-order valence-electron chi connectivity index (χ4n) is 4.05. The van der Waals surface area contributed by atoms with Crippen molar-refractivity contribution in [3.05, 3.63) is 61.9 Å². The van der Waals surface area contributed by atoms with Crippen LogP contribution >= 0.6 is 38.9 Å². The molecule has 2 aromatic carbocycles. The molecule has 0 aliphatic heterocycles. The van der Waals surface area contributed by atoms with Gasteiger partial charge in [0.1, 0.15) is 5.75 Å². The van der Waals surface area contributed by atoms with Crippen molar-refractivity contribution < 1.29 is 4.74 Å². The lowest BCUT2D eigenvalue weighted by Crippen LogP contribution is -2.26. The Morgan fingerprint density at radius 1 is 1.28 bits per heavy atom. The summed E-state index contributed by atoms with van der Waals surface area (Å²) in [5.41, 5.74) is 4.07. The number of methoxy groups -OCH3 is 1. The maximum Gasteiger partial charge on any atom is 0.184 e. The minimum absolute atomic E-state index is 0.136. The van der Waals surface area contributed by atoms with Crippen molar-refractivity contribution in [3.8, 4) is 29.4 Å². The van der Waals surface area contributed by atoms with Gasteiger partial charge in [-0.25, -0.2) is 4.98 Å². The van der Waals surface area contributed by atoms with E-state index in [1.807, 2.05) is 19.1 Å². The van der Waals surface area contributed by atoms with Crippen molar-refractivity contribution in [2.45, 2.75) is 45.1 Å². The number of halogens is 2. The van der Waals surface area contributed by atoms with E-state index >= 15 is 0 Å². The number of terminal acetylenes is 1. The highest BCUT2D eigenvalue weighted by Crippen LogP contribution is 2.42. The number of anilines is 1. The summed E-state index contributed by atoms with van der Waals surface area (Å²) >= 11 is 11.7. The molecule has 0 spiro atoms. The molecule has 2 unspecified atom stereocenters. The molecule has 6 heteroatoms. The Bertz CT molecular complexity index is 1150. The molecule has 1 N–H and O–H groups in total. The third-order valence-electron chi connectivity index (χ3n) is 5.98. The molecule has 3 aromatic rings. The molecule has 32 heavy (non-hydrogen) atoms. The van der Waals surface area contributed by atoms with E-state index in [1.165, 1.54) is 18.4 Å². The van der Waals surface area contributed by atoms with E-state index < -0.39 is 0 Å². The predicted molar refractivity (Wildman–Crippen MR) is 139 cm³/mol. The molecule has 1 aliphatic rings. The van der Waals surface area contributed by atoms with E-state index in [0.717, 1.165) is 49.4 Å². The second-order valence-corrected chi connectivity index (χ2v) is 10.9. The highest BCUT2D eigenvalue weighted by Gasteiger charge is 2.31. The Labute approximate surface area is 207 Å². The van der Waals surface area contributed by atoms with Crippen molar-refractivity contribution in [3.63, 3.8) is 0 Å². The van der Waals surface area contributed by atoms with Gasteiger partial charge < -0.3 is 10.1 Å². The number of benzene rings is 2. The average Bonchev–Trinajstić information content (AvgIpc) is 3.53. The summed E-state index contributed by atoms with van der Waals surface area (Å²) in [7, 11) is 1.65. The zero-order valence-corrected chi connectivity index (χ0v) is 21.6. The van der Waals surface area contributed by atoms with Crippen LogP contribution in [0.4, 0.5) is 5.13 Å². The van der Waals surface area contributed by atoms with E-state index in [9.17, 15) is 0 Å². The van der Waals surface area contributed by atoms with Crippen LogP contribution in [0, 0.1) is 32.1 Å². The fraction of sp³-hybridized carbons (Fsp3) is 0.346. The first-order chi connectivity index (χ1) is 15.4. The maximum absolute atomic E-state index is 6.56. The number of thiazole rings is 1. The molecule has 1 fully saturated rings. The molecule has 0 bridgehead atoms. The largest absolute Gasteiger partial charge is 0.496 e. The first-order valence-electron chi connectivity index (χ1n) is 10.7. The van der Waals surface area contributed by atoms with Crippen LogP contribution in [0.3, 0.4) is 0 Å². The van der Waals surface area contributed by atoms with Gasteiger partial charge in [-0.05, 0) is 61.6 Å². The number of ether oxygens (including phenoxy) is 1. The number of nitrogens with zero attached hydrogens (tertiary/aromatic N) is 1. The van der Waals surface area contributed by atoms with Gasteiger partial charge in [-0.15, -0.1) is 17.8 Å². The minimum atomic E-state index is -0.136. The van der Waals surface area contributed by atoms with E-state index in [0.29, 0.717) is 5.02 Å². The SMILES string of the molecule is C#CC(Nc1nc(-c2cc(C)c(OC)cc2Cl)c(C)s1)C(CC1CC1)c1ccc(Br)cc1. The Balaban J connectivity index is 1.62. The molecule has 1 aliphatic carbocycles. The molecule has 166 valence electrons. The van der Waals surface area contributed by atoms with Crippen LogP contribution in [0.15, 0.2) is 40.9 Å². The van der Waals surface area contributed by atoms with Gasteiger partial charge >= 0.3 is 0 Å². The van der Waals surface area contributed by atoms with Gasteiger partial charge in [0.15, 0.2) is 5.13 Å². The number of aromatic nitrogens is 1. The van der Waals surface area contributed by atoms with Gasteiger partial charge in [-0.3, -0.25) is 0 Å². The van der Waals surface area contributed by atoms with Crippen molar-refractivity contribution in [2.75, 3.05) is 12.4 Å². The van der Waals surface area contributed by atoms with Crippen LogP contribution in [0.1, 0.15) is 41.2 Å². The molecule has 1 saturated carbocycles. The topological polar surface area (TPSA) is 34.2 Å². The molecule has 2 atom stereocenters. The molecule has 1 heterocycles. The van der Waals surface area contributed by atoms with E-state index in [1.54, 1.807) is 18.4 Å². The summed E-state index contributed by atoms with van der Waals surface area (Å²) in [6.07, 6.45) is 9.71. The van der Waals surface area contributed by atoms with Crippen LogP contribution in [0.2, 0.25) is 5.02 Å². The standard InChI is InChI=1S/C26H26BrClN2OS/c1-5-23(20(13-17-6-7-17)18-8-10-19(27)11-9-18)29-26-30-25(16(3)32-26)21-12-15(2)24(31-4)14-22(21)28/h1,8-12,14,17,20,23H,6-7,13H2,2-4H3,(H,29,30). The van der Waals surface area contributed by atoms with Gasteiger partial charge in [0, 0.05) is 20.8 Å². The molecule has 4 rings (SSSR count). The lowest BCUT2D eigenvalue weighted by Gasteiger charge is -2.24. The molecular weight excluding hydrogens is 504 g/mol. The van der Waals surface area contributed by atoms with E-state index in [4.69, 9.17) is 27.7 Å². The highest BCUT2D eigenvalue weighted by atomic mass is 79.9. The summed E-state index contributed by atoms with van der Waals surface area (Å²) in [5.74, 6) is 4.77. The zero-order chi connectivity index (χ0) is 22.8. The van der Waals surface area contributed by atoms with Crippen molar-refractivity contribution in [2.24, 2.45) is 5.92 Å². The van der Waals surface area contributed by atoms with Crippen LogP contribution < -0.4 is 10.1 Å².